The number of imidazole rings is 2. The number of halogens is 3. The maximum Gasteiger partial charge on any atom is 0.273 e. The van der Waals surface area contributed by atoms with Crippen LogP contribution in [0.15, 0.2) is 91.4 Å². The summed E-state index contributed by atoms with van der Waals surface area (Å²) in [4.78, 5) is 49.7. The van der Waals surface area contributed by atoms with Crippen molar-refractivity contribution in [2.75, 3.05) is 13.2 Å². The van der Waals surface area contributed by atoms with E-state index in [2.05, 4.69) is 37.4 Å². The molecule has 10 nitrogen and oxygen atoms in total. The number of alkyl halides is 2. The highest BCUT2D eigenvalue weighted by atomic mass is 35.5. The van der Waals surface area contributed by atoms with Gasteiger partial charge in [0.25, 0.3) is 17.7 Å². The number of H-pyrrole nitrogens is 2. The Morgan fingerprint density at radius 3 is 2.18 bits per heavy atom. The van der Waals surface area contributed by atoms with Crippen molar-refractivity contribution in [3.8, 4) is 33.6 Å². The molecule has 0 spiro atoms. The number of nitrogens with zero attached hydrogens (tertiary/aromatic N) is 4. The van der Waals surface area contributed by atoms with E-state index in [-0.39, 0.29) is 18.4 Å². The molecule has 3 aromatic heterocycles. The summed E-state index contributed by atoms with van der Waals surface area (Å²) in [6.45, 7) is 7.35. The normalized spacial score (nSPS) is 20.1. The maximum atomic E-state index is 13.8. The Balaban J connectivity index is 0.937. The van der Waals surface area contributed by atoms with Crippen LogP contribution < -0.4 is 5.32 Å². The zero-order valence-corrected chi connectivity index (χ0v) is 33.0. The third kappa shape index (κ3) is 7.68. The second-order valence-corrected chi connectivity index (χ2v) is 16.7. The van der Waals surface area contributed by atoms with Gasteiger partial charge in [-0.1, -0.05) is 93.0 Å². The van der Waals surface area contributed by atoms with E-state index in [0.29, 0.717) is 23.1 Å². The highest BCUT2D eigenvalue weighted by molar-refractivity contribution is 6.35. The molecular weight excluding hydrogens is 748 g/mol. The molecule has 6 aromatic rings. The average molecular weight is 792 g/mol. The fraction of sp³-hybridized carbons (Fsp3) is 0.341. The second-order valence-electron chi connectivity index (χ2n) is 16.3. The summed E-state index contributed by atoms with van der Waals surface area (Å²) in [5.74, 6) is -2.19. The maximum absolute atomic E-state index is 13.8. The zero-order chi connectivity index (χ0) is 40.1. The zero-order valence-electron chi connectivity index (χ0n) is 32.2. The number of carbonyl (C=O) groups excluding carboxylic acids is 2. The van der Waals surface area contributed by atoms with Gasteiger partial charge in [-0.25, -0.2) is 18.7 Å². The summed E-state index contributed by atoms with van der Waals surface area (Å²) in [7, 11) is 0. The lowest BCUT2D eigenvalue weighted by molar-refractivity contribution is -0.190. The number of amides is 2. The number of likely N-dealkylation sites (tertiary alicyclic amines) is 1. The van der Waals surface area contributed by atoms with E-state index in [4.69, 9.17) is 21.3 Å². The Kier molecular flexibility index (Phi) is 9.98. The first-order valence-electron chi connectivity index (χ1n) is 19.2. The van der Waals surface area contributed by atoms with Crippen LogP contribution in [-0.2, 0) is 9.53 Å². The van der Waals surface area contributed by atoms with Crippen molar-refractivity contribution in [1.29, 1.82) is 0 Å². The molecule has 0 aliphatic carbocycles. The summed E-state index contributed by atoms with van der Waals surface area (Å²) >= 11 is 6.41. The minimum absolute atomic E-state index is 0.0728. The Morgan fingerprint density at radius 2 is 1.53 bits per heavy atom. The Bertz CT molecular complexity index is 2430. The topological polar surface area (TPSA) is 129 Å². The van der Waals surface area contributed by atoms with Crippen LogP contribution in [0.1, 0.15) is 87.6 Å². The standard InChI is InChI=1S/C44H44ClF2N7O3/c1-42(2,3)37(53-41(56)43(4)19-20-44(46,47)25-57-43)39-50-24-34(52-39)29-16-12-27(13-17-29)26-10-14-28(15-11-26)33-23-49-38(51-33)35-9-6-22-54(35)40(55)36-31-7-5-8-32(45)30(31)18-21-48-36/h5,7-8,10-18,21,23-24,35,37H,6,9,19-20,22,25H2,1-4H3,(H,49,51)(H,50,52)(H,53,56). The second kappa shape index (κ2) is 14.8. The molecule has 2 amide bonds. The van der Waals surface area contributed by atoms with Gasteiger partial charge in [-0.2, -0.15) is 0 Å². The van der Waals surface area contributed by atoms with E-state index in [0.717, 1.165) is 63.1 Å². The first-order valence-corrected chi connectivity index (χ1v) is 19.5. The van der Waals surface area contributed by atoms with Gasteiger partial charge in [-0.05, 0) is 66.0 Å². The van der Waals surface area contributed by atoms with Gasteiger partial charge in [0.1, 0.15) is 29.6 Å². The van der Waals surface area contributed by atoms with Crippen molar-refractivity contribution in [2.45, 2.75) is 77.0 Å². The van der Waals surface area contributed by atoms with Crippen LogP contribution in [0.3, 0.4) is 0 Å². The number of nitrogens with one attached hydrogen (secondary N) is 3. The van der Waals surface area contributed by atoms with E-state index in [1.807, 2.05) is 92.5 Å². The van der Waals surface area contributed by atoms with Crippen molar-refractivity contribution in [2.24, 2.45) is 5.41 Å². The van der Waals surface area contributed by atoms with Gasteiger partial charge in [0, 0.05) is 35.0 Å². The number of fused-ring (bicyclic) bond motifs is 1. The largest absolute Gasteiger partial charge is 0.359 e. The highest BCUT2D eigenvalue weighted by Gasteiger charge is 2.47. The fourth-order valence-electron chi connectivity index (χ4n) is 7.72. The van der Waals surface area contributed by atoms with Crippen molar-refractivity contribution in [1.82, 2.24) is 35.1 Å². The minimum Gasteiger partial charge on any atom is -0.359 e. The summed E-state index contributed by atoms with van der Waals surface area (Å²) < 4.78 is 32.9. The lowest BCUT2D eigenvalue weighted by Crippen LogP contribution is -2.54. The van der Waals surface area contributed by atoms with Crippen molar-refractivity contribution in [3.63, 3.8) is 0 Å². The van der Waals surface area contributed by atoms with E-state index in [9.17, 15) is 18.4 Å². The molecule has 8 rings (SSSR count). The Morgan fingerprint density at radius 1 is 0.877 bits per heavy atom. The number of hydrogen-bond acceptors (Lipinski definition) is 6. The molecule has 0 bridgehead atoms. The average Bonchev–Trinajstić information content (AvgIpc) is 4.00. The predicted molar refractivity (Wildman–Crippen MR) is 216 cm³/mol. The first kappa shape index (κ1) is 38.4. The molecule has 3 aromatic carbocycles. The molecule has 2 fully saturated rings. The van der Waals surface area contributed by atoms with Crippen LogP contribution in [0.2, 0.25) is 5.02 Å². The van der Waals surface area contributed by atoms with Gasteiger partial charge in [-0.3, -0.25) is 14.6 Å². The molecule has 0 radical (unpaired) electrons. The smallest absolute Gasteiger partial charge is 0.273 e. The third-order valence-electron chi connectivity index (χ3n) is 11.2. The third-order valence-corrected chi connectivity index (χ3v) is 11.5. The predicted octanol–water partition coefficient (Wildman–Crippen LogP) is 9.72. The molecule has 0 saturated carbocycles. The van der Waals surface area contributed by atoms with Crippen LogP contribution in [0, 0.1) is 5.41 Å². The molecule has 13 heteroatoms. The van der Waals surface area contributed by atoms with E-state index in [1.54, 1.807) is 19.3 Å². The molecular formula is C44H44ClF2N7O3. The number of benzene rings is 3. The monoisotopic (exact) mass is 791 g/mol. The van der Waals surface area contributed by atoms with E-state index >= 15 is 0 Å². The quantitative estimate of drug-likeness (QED) is 0.141. The van der Waals surface area contributed by atoms with Gasteiger partial charge in [-0.15, -0.1) is 0 Å². The molecule has 3 atom stereocenters. The number of aromatic amines is 2. The molecule has 5 heterocycles. The molecule has 2 aliphatic rings. The first-order chi connectivity index (χ1) is 27.2. The lowest BCUT2D eigenvalue weighted by atomic mass is 9.85. The molecule has 3 N–H and O–H groups in total. The number of pyridine rings is 1. The van der Waals surface area contributed by atoms with E-state index in [1.165, 1.54) is 0 Å². The number of rotatable bonds is 8. The van der Waals surface area contributed by atoms with Crippen LogP contribution in [-0.4, -0.2) is 66.3 Å². The lowest BCUT2D eigenvalue weighted by Gasteiger charge is -2.38. The molecule has 2 saturated heterocycles. The number of aromatic nitrogens is 5. The van der Waals surface area contributed by atoms with Gasteiger partial charge < -0.3 is 24.9 Å². The number of carbonyl (C=O) groups is 2. The van der Waals surface area contributed by atoms with Crippen molar-refractivity contribution >= 4 is 34.2 Å². The highest BCUT2D eigenvalue weighted by Crippen LogP contribution is 2.38. The summed E-state index contributed by atoms with van der Waals surface area (Å²) in [5.41, 5.74) is 4.22. The fourth-order valence-corrected chi connectivity index (χ4v) is 7.96. The van der Waals surface area contributed by atoms with Crippen molar-refractivity contribution in [3.05, 3.63) is 114 Å². The van der Waals surface area contributed by atoms with Crippen LogP contribution in [0.5, 0.6) is 0 Å². The molecule has 3 unspecified atom stereocenters. The summed E-state index contributed by atoms with van der Waals surface area (Å²) in [6.07, 6.45) is 6.37. The number of ether oxygens (including phenoxy) is 1. The van der Waals surface area contributed by atoms with Gasteiger partial charge >= 0.3 is 0 Å². The van der Waals surface area contributed by atoms with Gasteiger partial charge in [0.15, 0.2) is 0 Å². The SMILES string of the molecule is CC1(C(=O)NC(c2ncc(-c3ccc(-c4ccc(-c5cnc(C6CCCN6C(=O)c6nccc7c(Cl)cccc67)[nH]5)cc4)cc3)[nH]2)C(C)(C)C)CCC(F)(F)CO1. The summed E-state index contributed by atoms with van der Waals surface area (Å²) in [5, 5.41) is 5.15. The van der Waals surface area contributed by atoms with Gasteiger partial charge in [0.2, 0.25) is 0 Å². The molecule has 57 heavy (non-hydrogen) atoms. The summed E-state index contributed by atoms with van der Waals surface area (Å²) in [6, 6.07) is 23.0. The van der Waals surface area contributed by atoms with E-state index < -0.39 is 41.9 Å². The van der Waals surface area contributed by atoms with Crippen molar-refractivity contribution < 1.29 is 23.1 Å². The molecule has 294 valence electrons. The Labute approximate surface area is 334 Å². The van der Waals surface area contributed by atoms with Gasteiger partial charge in [0.05, 0.1) is 35.9 Å². The number of hydrogen-bond donors (Lipinski definition) is 3. The van der Waals surface area contributed by atoms with Crippen LogP contribution >= 0.6 is 11.6 Å². The molecule has 2 aliphatic heterocycles. The van der Waals surface area contributed by atoms with Crippen LogP contribution in [0.25, 0.3) is 44.4 Å². The van der Waals surface area contributed by atoms with Crippen LogP contribution in [0.4, 0.5) is 8.78 Å². The Hall–Kier alpha value is -5.46. The minimum atomic E-state index is -2.93.